The number of nitrogens with zero attached hydrogens (tertiary/aromatic N) is 3. The third-order valence-corrected chi connectivity index (χ3v) is 13.4. The van der Waals surface area contributed by atoms with E-state index in [1.807, 2.05) is 18.5 Å². The molecule has 56 heavy (non-hydrogen) atoms. The predicted octanol–water partition coefficient (Wildman–Crippen LogP) is 10.8. The van der Waals surface area contributed by atoms with Crippen molar-refractivity contribution in [3.63, 3.8) is 0 Å². The Kier molecular flexibility index (Phi) is 6.27. The molecule has 4 heterocycles. The topological polar surface area (TPSA) is 29.0 Å². The molecule has 4 heteroatoms. The maximum absolute atomic E-state index is 4.92. The highest BCUT2D eigenvalue weighted by molar-refractivity contribution is 7.00. The number of fused-ring (bicyclic) bond motifs is 15. The summed E-state index contributed by atoms with van der Waals surface area (Å²) in [4.78, 5) is 12.3. The first-order chi connectivity index (χ1) is 27.3. The molecular formula is C52H38BN3. The van der Waals surface area contributed by atoms with Crippen molar-refractivity contribution in [2.75, 3.05) is 4.90 Å². The molecule has 12 rings (SSSR count). The first-order valence-electron chi connectivity index (χ1n) is 19.8. The standard InChI is InChI=1S/C52H38BN3/c1-51(2)40-17-7-5-13-33(40)39-29-43-46(30-42(39)51)56(45-20-10-8-18-41(45)52(43,3)4)32-23-21-31(22-24-32)53-44-19-9-6-14-34(44)36-26-25-35-37-15-11-27-54-49(37)50-38(16-12-28-55-50)47(35)48(36)53/h5-30H,1-4H3. The molecule has 0 unspecified atom stereocenters. The van der Waals surface area contributed by atoms with Crippen LogP contribution in [0.5, 0.6) is 0 Å². The number of hydrogen-bond donors (Lipinski definition) is 0. The number of rotatable bonds is 2. The number of anilines is 3. The number of aromatic nitrogens is 2. The third kappa shape index (κ3) is 4.03. The highest BCUT2D eigenvalue weighted by Crippen LogP contribution is 2.57. The van der Waals surface area contributed by atoms with Gasteiger partial charge in [0.25, 0.3) is 0 Å². The second-order valence-electron chi connectivity index (χ2n) is 16.9. The number of hydrogen-bond acceptors (Lipinski definition) is 3. The summed E-state index contributed by atoms with van der Waals surface area (Å²) in [6.45, 7) is 9.61. The molecule has 0 fully saturated rings. The molecule has 0 radical (unpaired) electrons. The number of pyridine rings is 2. The van der Waals surface area contributed by atoms with Crippen LogP contribution in [0.15, 0.2) is 158 Å². The van der Waals surface area contributed by atoms with Crippen LogP contribution in [0, 0.1) is 0 Å². The second kappa shape index (κ2) is 11.0. The molecule has 0 amide bonds. The summed E-state index contributed by atoms with van der Waals surface area (Å²) in [7, 11) is 0. The minimum atomic E-state index is -0.172. The van der Waals surface area contributed by atoms with Crippen LogP contribution in [0.25, 0.3) is 54.8 Å². The molecule has 0 bridgehead atoms. The van der Waals surface area contributed by atoms with Gasteiger partial charge >= 0.3 is 0 Å². The van der Waals surface area contributed by atoms with Crippen molar-refractivity contribution < 1.29 is 0 Å². The lowest BCUT2D eigenvalue weighted by molar-refractivity contribution is 0.627. The Hall–Kier alpha value is -6.52. The molecule has 0 saturated heterocycles. The average Bonchev–Trinajstić information content (AvgIpc) is 3.69. The van der Waals surface area contributed by atoms with Gasteiger partial charge in [-0.2, -0.15) is 0 Å². The van der Waals surface area contributed by atoms with Gasteiger partial charge in [-0.3, -0.25) is 9.97 Å². The summed E-state index contributed by atoms with van der Waals surface area (Å²) in [6.07, 6.45) is 3.77. The van der Waals surface area contributed by atoms with Crippen LogP contribution in [0.3, 0.4) is 0 Å². The molecule has 2 aromatic heterocycles. The first kappa shape index (κ1) is 31.8. The van der Waals surface area contributed by atoms with E-state index in [1.54, 1.807) is 0 Å². The van der Waals surface area contributed by atoms with Gasteiger partial charge in [0, 0.05) is 39.7 Å². The van der Waals surface area contributed by atoms with Crippen molar-refractivity contribution >= 4 is 72.7 Å². The van der Waals surface area contributed by atoms with E-state index >= 15 is 0 Å². The van der Waals surface area contributed by atoms with Gasteiger partial charge in [0.2, 0.25) is 6.71 Å². The monoisotopic (exact) mass is 715 g/mol. The molecule has 3 nitrogen and oxygen atoms in total. The average molecular weight is 716 g/mol. The normalized spacial score (nSPS) is 15.4. The predicted molar refractivity (Wildman–Crippen MR) is 235 cm³/mol. The van der Waals surface area contributed by atoms with Crippen molar-refractivity contribution in [3.05, 3.63) is 180 Å². The molecule has 0 saturated carbocycles. The quantitative estimate of drug-likeness (QED) is 0.132. The summed E-state index contributed by atoms with van der Waals surface area (Å²) in [6, 6.07) is 54.6. The summed E-state index contributed by atoms with van der Waals surface area (Å²) >= 11 is 0. The smallest absolute Gasteiger partial charge is 0.243 e. The first-order valence-corrected chi connectivity index (χ1v) is 19.8. The zero-order chi connectivity index (χ0) is 37.5. The van der Waals surface area contributed by atoms with Crippen LogP contribution in [0.4, 0.5) is 17.1 Å². The lowest BCUT2D eigenvalue weighted by atomic mass is 9.38. The fourth-order valence-corrected chi connectivity index (χ4v) is 10.8. The van der Waals surface area contributed by atoms with E-state index in [-0.39, 0.29) is 17.5 Å². The molecule has 2 aliphatic heterocycles. The van der Waals surface area contributed by atoms with Crippen LogP contribution in [0.1, 0.15) is 49.9 Å². The van der Waals surface area contributed by atoms with Crippen molar-refractivity contribution in [2.45, 2.75) is 38.5 Å². The van der Waals surface area contributed by atoms with E-state index in [9.17, 15) is 0 Å². The van der Waals surface area contributed by atoms with Crippen LogP contribution >= 0.6 is 0 Å². The lowest BCUT2D eigenvalue weighted by Gasteiger charge is -2.43. The molecule has 0 spiro atoms. The van der Waals surface area contributed by atoms with Crippen molar-refractivity contribution in [1.29, 1.82) is 0 Å². The SMILES string of the molecule is CC1(C)c2ccccc2-c2cc3c(cc21)N(c1ccc(B2c4ccccc4-c4ccc5c6cccnc6c6ncccc6c5c42)cc1)c1ccccc1C3(C)C. The highest BCUT2D eigenvalue weighted by Gasteiger charge is 2.42. The maximum Gasteiger partial charge on any atom is 0.243 e. The molecule has 3 aliphatic rings. The van der Waals surface area contributed by atoms with E-state index < -0.39 is 0 Å². The Morgan fingerprint density at radius 2 is 1.12 bits per heavy atom. The zero-order valence-corrected chi connectivity index (χ0v) is 31.9. The van der Waals surface area contributed by atoms with E-state index in [2.05, 4.69) is 172 Å². The minimum Gasteiger partial charge on any atom is -0.310 e. The largest absolute Gasteiger partial charge is 0.310 e. The van der Waals surface area contributed by atoms with Crippen LogP contribution < -0.4 is 21.3 Å². The van der Waals surface area contributed by atoms with E-state index in [4.69, 9.17) is 9.97 Å². The molecular weight excluding hydrogens is 677 g/mol. The minimum absolute atomic E-state index is 0.0684. The summed E-state index contributed by atoms with van der Waals surface area (Å²) in [5, 5.41) is 4.80. The fraction of sp³-hybridized carbons (Fsp3) is 0.115. The Labute approximate surface area is 327 Å². The summed E-state index contributed by atoms with van der Waals surface area (Å²) < 4.78 is 0. The van der Waals surface area contributed by atoms with Gasteiger partial charge in [0.1, 0.15) is 0 Å². The highest BCUT2D eigenvalue weighted by atomic mass is 15.2. The van der Waals surface area contributed by atoms with E-state index in [0.717, 1.165) is 21.8 Å². The van der Waals surface area contributed by atoms with Gasteiger partial charge < -0.3 is 4.90 Å². The van der Waals surface area contributed by atoms with Crippen LogP contribution in [-0.4, -0.2) is 16.7 Å². The van der Waals surface area contributed by atoms with E-state index in [0.29, 0.717) is 0 Å². The fourth-order valence-electron chi connectivity index (χ4n) is 10.8. The lowest BCUT2D eigenvalue weighted by Crippen LogP contribution is -2.49. The van der Waals surface area contributed by atoms with Gasteiger partial charge in [0.15, 0.2) is 0 Å². The van der Waals surface area contributed by atoms with Crippen molar-refractivity contribution in [3.8, 4) is 22.3 Å². The Morgan fingerprint density at radius 1 is 0.464 bits per heavy atom. The Morgan fingerprint density at radius 3 is 1.93 bits per heavy atom. The van der Waals surface area contributed by atoms with Gasteiger partial charge in [-0.15, -0.1) is 0 Å². The van der Waals surface area contributed by atoms with E-state index in [1.165, 1.54) is 88.7 Å². The zero-order valence-electron chi connectivity index (χ0n) is 31.9. The maximum atomic E-state index is 4.92. The van der Waals surface area contributed by atoms with Gasteiger partial charge in [-0.1, -0.05) is 147 Å². The molecule has 9 aromatic rings. The third-order valence-electron chi connectivity index (χ3n) is 13.4. The molecule has 0 atom stereocenters. The number of benzene rings is 7. The molecule has 7 aromatic carbocycles. The van der Waals surface area contributed by atoms with Gasteiger partial charge in [0.05, 0.1) is 22.4 Å². The number of para-hydroxylation sites is 1. The summed E-state index contributed by atoms with van der Waals surface area (Å²) in [5.41, 5.74) is 20.1. The van der Waals surface area contributed by atoms with Crippen LogP contribution in [0.2, 0.25) is 0 Å². The second-order valence-corrected chi connectivity index (χ2v) is 16.9. The molecule has 264 valence electrons. The molecule has 0 N–H and O–H groups in total. The van der Waals surface area contributed by atoms with Crippen molar-refractivity contribution in [1.82, 2.24) is 9.97 Å². The van der Waals surface area contributed by atoms with Crippen LogP contribution in [-0.2, 0) is 10.8 Å². The van der Waals surface area contributed by atoms with Crippen molar-refractivity contribution in [2.24, 2.45) is 0 Å². The van der Waals surface area contributed by atoms with Gasteiger partial charge in [-0.05, 0) is 97.7 Å². The van der Waals surface area contributed by atoms with Gasteiger partial charge in [-0.25, -0.2) is 0 Å². The Bertz CT molecular complexity index is 3120. The summed E-state index contributed by atoms with van der Waals surface area (Å²) in [5.74, 6) is 0. The molecule has 1 aliphatic carbocycles. The Balaban J connectivity index is 1.07.